The van der Waals surface area contributed by atoms with E-state index in [9.17, 15) is 4.79 Å². The molecule has 1 aliphatic heterocycles. The van der Waals surface area contributed by atoms with Gasteiger partial charge in [0, 0.05) is 34.7 Å². The molecule has 3 rings (SSSR count). The average Bonchev–Trinajstić information content (AvgIpc) is 3.02. The molecule has 1 aromatic heterocycles. The third kappa shape index (κ3) is 4.11. The zero-order valence-electron chi connectivity index (χ0n) is 16.3. The van der Waals surface area contributed by atoms with Gasteiger partial charge in [0.2, 0.25) is 0 Å². The van der Waals surface area contributed by atoms with Gasteiger partial charge >= 0.3 is 0 Å². The van der Waals surface area contributed by atoms with Crippen molar-refractivity contribution >= 4 is 22.5 Å². The molecule has 1 saturated heterocycles. The summed E-state index contributed by atoms with van der Waals surface area (Å²) < 4.78 is 0. The number of anilines is 1. The van der Waals surface area contributed by atoms with Gasteiger partial charge in [0.1, 0.15) is 0 Å². The number of likely N-dealkylation sites (tertiary alicyclic amines) is 1. The maximum Gasteiger partial charge on any atom is 0.300 e. The van der Waals surface area contributed by atoms with E-state index in [1.54, 1.807) is 0 Å². The van der Waals surface area contributed by atoms with Gasteiger partial charge < -0.3 is 10.3 Å². The Morgan fingerprint density at radius 3 is 2.69 bits per heavy atom. The molecule has 4 heteroatoms. The highest BCUT2D eigenvalue weighted by molar-refractivity contribution is 6.05. The number of H-pyrrole nitrogens is 1. The topological polar surface area (TPSA) is 48.1 Å². The van der Waals surface area contributed by atoms with Crippen LogP contribution in [0, 0.1) is 11.8 Å². The zero-order chi connectivity index (χ0) is 18.7. The first-order valence-corrected chi connectivity index (χ1v) is 9.54. The molecule has 0 saturated carbocycles. The van der Waals surface area contributed by atoms with E-state index in [1.165, 1.54) is 23.8 Å². The predicted octanol–water partition coefficient (Wildman–Crippen LogP) is 4.50. The van der Waals surface area contributed by atoms with E-state index in [0.717, 1.165) is 24.3 Å². The van der Waals surface area contributed by atoms with Crippen LogP contribution in [0.5, 0.6) is 0 Å². The summed E-state index contributed by atoms with van der Waals surface area (Å²) in [6.45, 7) is 11.1. The fraction of sp³-hybridized carbons (Fsp3) is 0.500. The molecule has 2 aromatic rings. The van der Waals surface area contributed by atoms with Crippen molar-refractivity contribution in [3.63, 3.8) is 0 Å². The summed E-state index contributed by atoms with van der Waals surface area (Å²) in [4.78, 5) is 17.8. The lowest BCUT2D eigenvalue weighted by atomic mass is 9.87. The van der Waals surface area contributed by atoms with Crippen molar-refractivity contribution in [2.45, 2.75) is 58.4 Å². The number of carbonyl (C=O) groups excluding carboxylic acids is 1. The van der Waals surface area contributed by atoms with E-state index in [0.29, 0.717) is 12.3 Å². The molecular formula is C22H29N3O. The van der Waals surface area contributed by atoms with Crippen LogP contribution in [0.15, 0.2) is 24.4 Å². The molecule has 0 bridgehead atoms. The number of fused-ring (bicyclic) bond motifs is 1. The van der Waals surface area contributed by atoms with Crippen LogP contribution in [0.3, 0.4) is 0 Å². The van der Waals surface area contributed by atoms with E-state index in [4.69, 9.17) is 0 Å². The van der Waals surface area contributed by atoms with Gasteiger partial charge in [0.05, 0.1) is 0 Å². The summed E-state index contributed by atoms with van der Waals surface area (Å²) in [5, 5.41) is 4.09. The monoisotopic (exact) mass is 351 g/mol. The third-order valence-corrected chi connectivity index (χ3v) is 5.23. The minimum atomic E-state index is -0.248. The lowest BCUT2D eigenvalue weighted by Crippen LogP contribution is -2.45. The zero-order valence-corrected chi connectivity index (χ0v) is 16.3. The molecule has 2 N–H and O–H groups in total. The number of aromatic nitrogens is 1. The second-order valence-electron chi connectivity index (χ2n) is 8.05. The highest BCUT2D eigenvalue weighted by Gasteiger charge is 2.28. The van der Waals surface area contributed by atoms with Crippen molar-refractivity contribution in [2.24, 2.45) is 0 Å². The van der Waals surface area contributed by atoms with E-state index >= 15 is 0 Å². The van der Waals surface area contributed by atoms with E-state index in [-0.39, 0.29) is 11.4 Å². The highest BCUT2D eigenvalue weighted by Crippen LogP contribution is 2.35. The fourth-order valence-corrected chi connectivity index (χ4v) is 3.75. The Hall–Kier alpha value is -2.25. The molecule has 0 radical (unpaired) electrons. The quantitative estimate of drug-likeness (QED) is 0.783. The number of nitrogens with one attached hydrogen (secondary N) is 2. The summed E-state index contributed by atoms with van der Waals surface area (Å²) in [5.74, 6) is 5.73. The average molecular weight is 351 g/mol. The lowest BCUT2D eigenvalue weighted by molar-refractivity contribution is -0.111. The summed E-state index contributed by atoms with van der Waals surface area (Å²) in [5.41, 5.74) is 3.53. The molecule has 138 valence electrons. The Labute approximate surface area is 156 Å². The Morgan fingerprint density at radius 2 is 2.04 bits per heavy atom. The van der Waals surface area contributed by atoms with E-state index in [2.05, 4.69) is 60.1 Å². The van der Waals surface area contributed by atoms with Gasteiger partial charge in [-0.15, -0.1) is 0 Å². The first-order chi connectivity index (χ1) is 12.4. The van der Waals surface area contributed by atoms with Crippen LogP contribution < -0.4 is 5.32 Å². The number of amides is 1. The molecule has 1 aromatic carbocycles. The molecule has 0 aliphatic carbocycles. The van der Waals surface area contributed by atoms with Crippen LogP contribution >= 0.6 is 0 Å². The standard InChI is InChI=1S/C22H29N3O/c1-5-6-7-21(26)24-17-8-9-20-18(14-17)19(15-23-20)16-10-12-25(13-11-16)22(2,3)4/h8-9,14-16,23H,5,10-13H2,1-4H3,(H,24,26). The number of rotatable bonds is 2. The molecule has 1 amide bonds. The van der Waals surface area contributed by atoms with Crippen molar-refractivity contribution in [3.05, 3.63) is 30.0 Å². The third-order valence-electron chi connectivity index (χ3n) is 5.23. The summed E-state index contributed by atoms with van der Waals surface area (Å²) in [6, 6.07) is 6.03. The SMILES string of the molecule is CCC#CC(=O)Nc1ccc2[nH]cc(C3CCN(C(C)(C)C)CC3)c2c1. The predicted molar refractivity (Wildman–Crippen MR) is 108 cm³/mol. The largest absolute Gasteiger partial charge is 0.361 e. The smallest absolute Gasteiger partial charge is 0.300 e. The molecule has 1 fully saturated rings. The highest BCUT2D eigenvalue weighted by atomic mass is 16.1. The first kappa shape index (κ1) is 18.5. The second kappa shape index (κ2) is 7.55. The molecule has 26 heavy (non-hydrogen) atoms. The number of hydrogen-bond acceptors (Lipinski definition) is 2. The van der Waals surface area contributed by atoms with Gasteiger partial charge in [-0.1, -0.05) is 12.8 Å². The van der Waals surface area contributed by atoms with Crippen molar-refractivity contribution in [3.8, 4) is 11.8 Å². The Balaban J connectivity index is 1.78. The molecule has 2 heterocycles. The molecule has 1 aliphatic rings. The second-order valence-corrected chi connectivity index (χ2v) is 8.05. The summed E-state index contributed by atoms with van der Waals surface area (Å²) >= 11 is 0. The van der Waals surface area contributed by atoms with Crippen LogP contribution in [0.2, 0.25) is 0 Å². The van der Waals surface area contributed by atoms with Gasteiger partial charge in [-0.25, -0.2) is 0 Å². The molecule has 0 atom stereocenters. The van der Waals surface area contributed by atoms with Crippen LogP contribution in [-0.4, -0.2) is 34.4 Å². The molecule has 0 unspecified atom stereocenters. The summed E-state index contributed by atoms with van der Waals surface area (Å²) in [6.07, 6.45) is 5.16. The van der Waals surface area contributed by atoms with Crippen molar-refractivity contribution in [1.29, 1.82) is 0 Å². The fourth-order valence-electron chi connectivity index (χ4n) is 3.75. The minimum absolute atomic E-state index is 0.238. The maximum atomic E-state index is 11.9. The number of aromatic amines is 1. The van der Waals surface area contributed by atoms with Gasteiger partial charge in [0.25, 0.3) is 5.91 Å². The van der Waals surface area contributed by atoms with Gasteiger partial charge in [0.15, 0.2) is 0 Å². The van der Waals surface area contributed by atoms with Crippen LogP contribution in [0.25, 0.3) is 10.9 Å². The Kier molecular flexibility index (Phi) is 5.38. The first-order valence-electron chi connectivity index (χ1n) is 9.54. The maximum absolute atomic E-state index is 11.9. The van der Waals surface area contributed by atoms with E-state index in [1.807, 2.05) is 19.1 Å². The van der Waals surface area contributed by atoms with E-state index < -0.39 is 0 Å². The number of nitrogens with zero attached hydrogens (tertiary/aromatic N) is 1. The number of piperidine rings is 1. The molecular weight excluding hydrogens is 322 g/mol. The minimum Gasteiger partial charge on any atom is -0.361 e. The number of carbonyl (C=O) groups is 1. The molecule has 4 nitrogen and oxygen atoms in total. The molecule has 0 spiro atoms. The van der Waals surface area contributed by atoms with Gasteiger partial charge in [-0.3, -0.25) is 9.69 Å². The van der Waals surface area contributed by atoms with Crippen LogP contribution in [0.4, 0.5) is 5.69 Å². The van der Waals surface area contributed by atoms with Crippen LogP contribution in [-0.2, 0) is 4.79 Å². The number of benzene rings is 1. The number of hydrogen-bond donors (Lipinski definition) is 2. The Bertz CT molecular complexity index is 840. The lowest BCUT2D eigenvalue weighted by Gasteiger charge is -2.40. The van der Waals surface area contributed by atoms with Crippen molar-refractivity contribution < 1.29 is 4.79 Å². The summed E-state index contributed by atoms with van der Waals surface area (Å²) in [7, 11) is 0. The Morgan fingerprint density at radius 1 is 1.31 bits per heavy atom. The van der Waals surface area contributed by atoms with Crippen molar-refractivity contribution in [2.75, 3.05) is 18.4 Å². The van der Waals surface area contributed by atoms with Crippen LogP contribution in [0.1, 0.15) is 58.4 Å². The van der Waals surface area contributed by atoms with Gasteiger partial charge in [-0.05, 0) is 82.3 Å². The normalized spacial score (nSPS) is 16.3. The van der Waals surface area contributed by atoms with Gasteiger partial charge in [-0.2, -0.15) is 0 Å². The van der Waals surface area contributed by atoms with Crippen molar-refractivity contribution in [1.82, 2.24) is 9.88 Å².